The summed E-state index contributed by atoms with van der Waals surface area (Å²) in [6.07, 6.45) is 0. The lowest BCUT2D eigenvalue weighted by Gasteiger charge is -2.22. The fourth-order valence-electron chi connectivity index (χ4n) is 2.18. The van der Waals surface area contributed by atoms with Crippen LogP contribution in [-0.2, 0) is 6.54 Å². The number of carbonyl (C=O) groups excluding carboxylic acids is 1. The summed E-state index contributed by atoms with van der Waals surface area (Å²) < 4.78 is 15.5. The Morgan fingerprint density at radius 3 is 2.65 bits per heavy atom. The quantitative estimate of drug-likeness (QED) is 0.835. The van der Waals surface area contributed by atoms with Crippen molar-refractivity contribution in [1.82, 2.24) is 10.1 Å². The third kappa shape index (κ3) is 4.01. The van der Waals surface area contributed by atoms with E-state index in [0.29, 0.717) is 17.2 Å². The number of amides is 1. The standard InChI is InChI=1S/C16H20N2O5/c1-11-8-15(23-17-11)16(20)18(6-7-19)10-12-4-5-13(21-2)9-14(12)22-3/h4-5,8-9,19H,6-7,10H2,1-3H3. The van der Waals surface area contributed by atoms with Crippen LogP contribution >= 0.6 is 0 Å². The molecule has 1 heterocycles. The first-order valence-electron chi connectivity index (χ1n) is 7.13. The third-order valence-electron chi connectivity index (χ3n) is 3.35. The van der Waals surface area contributed by atoms with Crippen LogP contribution in [0.4, 0.5) is 0 Å². The minimum atomic E-state index is -0.336. The highest BCUT2D eigenvalue weighted by molar-refractivity contribution is 5.91. The van der Waals surface area contributed by atoms with Crippen molar-refractivity contribution in [1.29, 1.82) is 0 Å². The van der Waals surface area contributed by atoms with Crippen molar-refractivity contribution in [2.24, 2.45) is 0 Å². The van der Waals surface area contributed by atoms with Crippen LogP contribution in [0.2, 0.25) is 0 Å². The molecule has 7 nitrogen and oxygen atoms in total. The summed E-state index contributed by atoms with van der Waals surface area (Å²) in [6.45, 7) is 2.03. The van der Waals surface area contributed by atoms with Gasteiger partial charge in [-0.3, -0.25) is 4.79 Å². The number of aromatic nitrogens is 1. The molecule has 0 bridgehead atoms. The smallest absolute Gasteiger partial charge is 0.292 e. The first-order valence-corrected chi connectivity index (χ1v) is 7.13. The molecule has 23 heavy (non-hydrogen) atoms. The Kier molecular flexibility index (Phi) is 5.59. The summed E-state index contributed by atoms with van der Waals surface area (Å²) >= 11 is 0. The molecule has 1 aromatic carbocycles. The lowest BCUT2D eigenvalue weighted by molar-refractivity contribution is 0.0665. The van der Waals surface area contributed by atoms with E-state index in [-0.39, 0.29) is 31.4 Å². The average molecular weight is 320 g/mol. The zero-order chi connectivity index (χ0) is 16.8. The van der Waals surface area contributed by atoms with Crippen molar-refractivity contribution < 1.29 is 23.9 Å². The fraction of sp³-hybridized carbons (Fsp3) is 0.375. The lowest BCUT2D eigenvalue weighted by atomic mass is 10.1. The molecule has 1 amide bonds. The van der Waals surface area contributed by atoms with Gasteiger partial charge in [-0.05, 0) is 19.1 Å². The number of hydrogen-bond acceptors (Lipinski definition) is 6. The highest BCUT2D eigenvalue weighted by atomic mass is 16.5. The number of rotatable bonds is 7. The molecule has 1 N–H and O–H groups in total. The van der Waals surface area contributed by atoms with Gasteiger partial charge in [0.2, 0.25) is 5.76 Å². The van der Waals surface area contributed by atoms with Crippen LogP contribution in [0, 0.1) is 6.92 Å². The first kappa shape index (κ1) is 16.8. The van der Waals surface area contributed by atoms with E-state index in [9.17, 15) is 9.90 Å². The second-order valence-corrected chi connectivity index (χ2v) is 4.96. The van der Waals surface area contributed by atoms with E-state index in [1.54, 1.807) is 39.3 Å². The second kappa shape index (κ2) is 7.64. The van der Waals surface area contributed by atoms with Gasteiger partial charge in [0.05, 0.1) is 26.5 Å². The predicted octanol–water partition coefficient (Wildman–Crippen LogP) is 1.63. The summed E-state index contributed by atoms with van der Waals surface area (Å²) in [5.74, 6) is 1.08. The molecule has 2 aromatic rings. The highest BCUT2D eigenvalue weighted by Gasteiger charge is 2.21. The van der Waals surface area contributed by atoms with Gasteiger partial charge in [-0.1, -0.05) is 5.16 Å². The van der Waals surface area contributed by atoms with Crippen LogP contribution in [0.25, 0.3) is 0 Å². The van der Waals surface area contributed by atoms with Gasteiger partial charge >= 0.3 is 0 Å². The maximum Gasteiger partial charge on any atom is 0.292 e. The Morgan fingerprint density at radius 1 is 1.30 bits per heavy atom. The van der Waals surface area contributed by atoms with E-state index in [2.05, 4.69) is 5.16 Å². The first-order chi connectivity index (χ1) is 11.1. The van der Waals surface area contributed by atoms with Crippen LogP contribution in [0.3, 0.4) is 0 Å². The van der Waals surface area contributed by atoms with Crippen LogP contribution in [0.1, 0.15) is 21.8 Å². The number of aliphatic hydroxyl groups is 1. The molecule has 0 unspecified atom stereocenters. The van der Waals surface area contributed by atoms with Crippen molar-refractivity contribution in [2.75, 3.05) is 27.4 Å². The fourth-order valence-corrected chi connectivity index (χ4v) is 2.18. The molecule has 0 spiro atoms. The summed E-state index contributed by atoms with van der Waals surface area (Å²) in [5.41, 5.74) is 1.42. The van der Waals surface area contributed by atoms with Gasteiger partial charge in [-0.2, -0.15) is 0 Å². The van der Waals surface area contributed by atoms with Crippen molar-refractivity contribution in [3.05, 3.63) is 41.3 Å². The van der Waals surface area contributed by atoms with E-state index in [4.69, 9.17) is 14.0 Å². The number of carbonyl (C=O) groups is 1. The topological polar surface area (TPSA) is 85.0 Å². The minimum Gasteiger partial charge on any atom is -0.497 e. The monoisotopic (exact) mass is 320 g/mol. The Balaban J connectivity index is 2.24. The number of methoxy groups -OCH3 is 2. The van der Waals surface area contributed by atoms with E-state index in [0.717, 1.165) is 5.56 Å². The number of hydrogen-bond donors (Lipinski definition) is 1. The lowest BCUT2D eigenvalue weighted by Crippen LogP contribution is -2.33. The van der Waals surface area contributed by atoms with Gasteiger partial charge < -0.3 is 24.0 Å². The van der Waals surface area contributed by atoms with Gasteiger partial charge in [0.15, 0.2) is 0 Å². The summed E-state index contributed by atoms with van der Waals surface area (Å²) in [4.78, 5) is 14.0. The van der Waals surface area contributed by atoms with E-state index >= 15 is 0 Å². The van der Waals surface area contributed by atoms with Gasteiger partial charge in [0.1, 0.15) is 11.5 Å². The van der Waals surface area contributed by atoms with Crippen molar-refractivity contribution in [3.8, 4) is 11.5 Å². The molecule has 2 rings (SSSR count). The van der Waals surface area contributed by atoms with E-state index < -0.39 is 0 Å². The summed E-state index contributed by atoms with van der Waals surface area (Å²) in [7, 11) is 3.12. The molecule has 0 aliphatic heterocycles. The zero-order valence-corrected chi connectivity index (χ0v) is 13.4. The van der Waals surface area contributed by atoms with E-state index in [1.165, 1.54) is 4.90 Å². The summed E-state index contributed by atoms with van der Waals surface area (Å²) in [6, 6.07) is 6.92. The van der Waals surface area contributed by atoms with E-state index in [1.807, 2.05) is 6.07 Å². The van der Waals surface area contributed by atoms with Crippen LogP contribution in [-0.4, -0.2) is 48.4 Å². The largest absolute Gasteiger partial charge is 0.497 e. The Hall–Kier alpha value is -2.54. The molecule has 0 saturated heterocycles. The maximum absolute atomic E-state index is 12.5. The number of benzene rings is 1. The van der Waals surface area contributed by atoms with Crippen molar-refractivity contribution >= 4 is 5.91 Å². The molecule has 1 aromatic heterocycles. The molecule has 0 aliphatic carbocycles. The molecule has 0 atom stereocenters. The van der Waals surface area contributed by atoms with Gasteiger partial charge in [-0.15, -0.1) is 0 Å². The number of ether oxygens (including phenoxy) is 2. The van der Waals surface area contributed by atoms with Gasteiger partial charge in [-0.25, -0.2) is 0 Å². The van der Waals surface area contributed by atoms with Crippen LogP contribution in [0.15, 0.2) is 28.8 Å². The molecular weight excluding hydrogens is 300 g/mol. The minimum absolute atomic E-state index is 0.142. The number of nitrogens with zero attached hydrogens (tertiary/aromatic N) is 2. The normalized spacial score (nSPS) is 10.4. The molecule has 0 aliphatic rings. The number of aryl methyl sites for hydroxylation is 1. The molecular formula is C16H20N2O5. The Bertz CT molecular complexity index is 668. The Labute approximate surface area is 134 Å². The summed E-state index contributed by atoms with van der Waals surface area (Å²) in [5, 5.41) is 13.0. The van der Waals surface area contributed by atoms with Crippen LogP contribution < -0.4 is 9.47 Å². The molecule has 0 radical (unpaired) electrons. The van der Waals surface area contributed by atoms with Crippen molar-refractivity contribution in [2.45, 2.75) is 13.5 Å². The molecule has 7 heteroatoms. The van der Waals surface area contributed by atoms with Crippen LogP contribution in [0.5, 0.6) is 11.5 Å². The molecule has 124 valence electrons. The average Bonchev–Trinajstić information content (AvgIpc) is 3.00. The highest BCUT2D eigenvalue weighted by Crippen LogP contribution is 2.26. The molecule has 0 fully saturated rings. The van der Waals surface area contributed by atoms with Gasteiger partial charge in [0, 0.05) is 30.8 Å². The van der Waals surface area contributed by atoms with Crippen molar-refractivity contribution in [3.63, 3.8) is 0 Å². The Morgan fingerprint density at radius 2 is 2.09 bits per heavy atom. The molecule has 0 saturated carbocycles. The second-order valence-electron chi connectivity index (χ2n) is 4.96. The maximum atomic E-state index is 12.5. The third-order valence-corrected chi connectivity index (χ3v) is 3.35. The predicted molar refractivity (Wildman–Crippen MR) is 82.6 cm³/mol. The zero-order valence-electron chi connectivity index (χ0n) is 13.4. The SMILES string of the molecule is COc1ccc(CN(CCO)C(=O)c2cc(C)no2)c(OC)c1. The number of aliphatic hydroxyl groups excluding tert-OH is 1. The van der Waals surface area contributed by atoms with Gasteiger partial charge in [0.25, 0.3) is 5.91 Å².